The molecule has 56 valence electrons. The van der Waals surface area contributed by atoms with E-state index in [4.69, 9.17) is 0 Å². The SMILES string of the molecule is CC[C@H](C)n1ccc(=O)[nH]1. The predicted molar refractivity (Wildman–Crippen MR) is 40.1 cm³/mol. The second-order valence-corrected chi connectivity index (χ2v) is 2.46. The third-order valence-corrected chi connectivity index (χ3v) is 1.69. The van der Waals surface area contributed by atoms with Crippen molar-refractivity contribution in [3.63, 3.8) is 0 Å². The molecule has 0 unspecified atom stereocenters. The maximum Gasteiger partial charge on any atom is 0.264 e. The summed E-state index contributed by atoms with van der Waals surface area (Å²) in [6, 6.07) is 1.93. The molecular formula is C7H12N2O. The van der Waals surface area contributed by atoms with Crippen molar-refractivity contribution in [3.8, 4) is 0 Å². The van der Waals surface area contributed by atoms with Crippen LogP contribution in [0.3, 0.4) is 0 Å². The molecule has 1 atom stereocenters. The maximum absolute atomic E-state index is 10.6. The zero-order valence-corrected chi connectivity index (χ0v) is 6.29. The molecule has 0 saturated heterocycles. The maximum atomic E-state index is 10.6. The zero-order valence-electron chi connectivity index (χ0n) is 6.29. The summed E-state index contributed by atoms with van der Waals surface area (Å²) in [7, 11) is 0. The number of nitrogens with zero attached hydrogens (tertiary/aromatic N) is 1. The summed E-state index contributed by atoms with van der Waals surface area (Å²) in [4.78, 5) is 10.6. The molecule has 3 nitrogen and oxygen atoms in total. The van der Waals surface area contributed by atoms with Crippen LogP contribution in [0.25, 0.3) is 0 Å². The van der Waals surface area contributed by atoms with E-state index >= 15 is 0 Å². The smallest absolute Gasteiger partial charge is 0.264 e. The van der Waals surface area contributed by atoms with Crippen molar-refractivity contribution in [2.45, 2.75) is 26.3 Å². The van der Waals surface area contributed by atoms with E-state index in [1.54, 1.807) is 6.20 Å². The van der Waals surface area contributed by atoms with Gasteiger partial charge in [0.05, 0.1) is 0 Å². The lowest BCUT2D eigenvalue weighted by Crippen LogP contribution is -2.08. The van der Waals surface area contributed by atoms with Gasteiger partial charge in [0.1, 0.15) is 0 Å². The van der Waals surface area contributed by atoms with Crippen LogP contribution in [0.5, 0.6) is 0 Å². The van der Waals surface area contributed by atoms with Gasteiger partial charge in [0, 0.05) is 18.3 Å². The summed E-state index contributed by atoms with van der Waals surface area (Å²) in [6.45, 7) is 4.15. The second-order valence-electron chi connectivity index (χ2n) is 2.46. The molecule has 0 aromatic carbocycles. The third-order valence-electron chi connectivity index (χ3n) is 1.69. The van der Waals surface area contributed by atoms with Crippen LogP contribution in [0.2, 0.25) is 0 Å². The van der Waals surface area contributed by atoms with Crippen LogP contribution >= 0.6 is 0 Å². The van der Waals surface area contributed by atoms with Crippen molar-refractivity contribution in [2.75, 3.05) is 0 Å². The first-order valence-corrected chi connectivity index (χ1v) is 3.51. The Bertz CT molecular complexity index is 248. The molecular weight excluding hydrogens is 128 g/mol. The minimum Gasteiger partial charge on any atom is -0.290 e. The van der Waals surface area contributed by atoms with E-state index in [2.05, 4.69) is 18.9 Å². The van der Waals surface area contributed by atoms with Gasteiger partial charge in [0.15, 0.2) is 0 Å². The van der Waals surface area contributed by atoms with E-state index in [1.165, 1.54) is 6.07 Å². The molecule has 1 heterocycles. The molecule has 0 fully saturated rings. The topological polar surface area (TPSA) is 37.8 Å². The molecule has 1 aromatic rings. The summed E-state index contributed by atoms with van der Waals surface area (Å²) >= 11 is 0. The first-order chi connectivity index (χ1) is 4.74. The van der Waals surface area contributed by atoms with Crippen LogP contribution in [0.4, 0.5) is 0 Å². The quantitative estimate of drug-likeness (QED) is 0.657. The van der Waals surface area contributed by atoms with Crippen molar-refractivity contribution in [3.05, 3.63) is 22.6 Å². The van der Waals surface area contributed by atoms with E-state index in [0.717, 1.165) is 6.42 Å². The van der Waals surface area contributed by atoms with Gasteiger partial charge < -0.3 is 0 Å². The van der Waals surface area contributed by atoms with Gasteiger partial charge in [-0.2, -0.15) is 0 Å². The number of nitrogens with one attached hydrogen (secondary N) is 1. The number of hydrogen-bond donors (Lipinski definition) is 1. The molecule has 1 N–H and O–H groups in total. The largest absolute Gasteiger partial charge is 0.290 e. The van der Waals surface area contributed by atoms with Gasteiger partial charge in [-0.05, 0) is 13.3 Å². The summed E-state index contributed by atoms with van der Waals surface area (Å²) in [5.74, 6) is 0. The van der Waals surface area contributed by atoms with Crippen LogP contribution in [0.1, 0.15) is 26.3 Å². The van der Waals surface area contributed by atoms with Crippen molar-refractivity contribution >= 4 is 0 Å². The highest BCUT2D eigenvalue weighted by Gasteiger charge is 1.99. The van der Waals surface area contributed by atoms with Gasteiger partial charge in [-0.25, -0.2) is 0 Å². The van der Waals surface area contributed by atoms with Gasteiger partial charge in [-0.3, -0.25) is 14.6 Å². The van der Waals surface area contributed by atoms with Crippen molar-refractivity contribution in [1.82, 2.24) is 9.78 Å². The Hall–Kier alpha value is -0.990. The van der Waals surface area contributed by atoms with Crippen molar-refractivity contribution in [2.24, 2.45) is 0 Å². The number of rotatable bonds is 2. The lowest BCUT2D eigenvalue weighted by Gasteiger charge is -2.08. The number of aromatic amines is 1. The van der Waals surface area contributed by atoms with Gasteiger partial charge in [0.2, 0.25) is 0 Å². The molecule has 0 saturated carbocycles. The first-order valence-electron chi connectivity index (χ1n) is 3.51. The van der Waals surface area contributed by atoms with Crippen molar-refractivity contribution in [1.29, 1.82) is 0 Å². The van der Waals surface area contributed by atoms with E-state index in [0.29, 0.717) is 6.04 Å². The molecule has 1 rings (SSSR count). The Balaban J connectivity index is 2.84. The number of H-pyrrole nitrogens is 1. The van der Waals surface area contributed by atoms with Crippen LogP contribution < -0.4 is 5.56 Å². The average molecular weight is 140 g/mol. The Labute approximate surface area is 59.7 Å². The van der Waals surface area contributed by atoms with Crippen LogP contribution in [-0.2, 0) is 0 Å². The highest BCUT2D eigenvalue weighted by Crippen LogP contribution is 2.04. The van der Waals surface area contributed by atoms with Crippen LogP contribution in [-0.4, -0.2) is 9.78 Å². The molecule has 0 bridgehead atoms. The Kier molecular flexibility index (Phi) is 1.94. The minimum atomic E-state index is -0.0275. The van der Waals surface area contributed by atoms with Gasteiger partial charge >= 0.3 is 0 Å². The lowest BCUT2D eigenvalue weighted by molar-refractivity contribution is 0.475. The first kappa shape index (κ1) is 7.12. The van der Waals surface area contributed by atoms with E-state index in [1.807, 2.05) is 4.68 Å². The molecule has 3 heteroatoms. The molecule has 0 spiro atoms. The second kappa shape index (κ2) is 2.73. The number of aromatic nitrogens is 2. The molecule has 1 aromatic heterocycles. The molecule has 0 aliphatic carbocycles. The Morgan fingerprint density at radius 2 is 2.50 bits per heavy atom. The van der Waals surface area contributed by atoms with Crippen LogP contribution in [0.15, 0.2) is 17.1 Å². The fraction of sp³-hybridized carbons (Fsp3) is 0.571. The molecule has 0 aliphatic rings. The monoisotopic (exact) mass is 140 g/mol. The normalized spacial score (nSPS) is 13.4. The fourth-order valence-electron chi connectivity index (χ4n) is 0.804. The summed E-state index contributed by atoms with van der Waals surface area (Å²) in [5.41, 5.74) is -0.0275. The zero-order chi connectivity index (χ0) is 7.56. The molecule has 0 radical (unpaired) electrons. The summed E-state index contributed by atoms with van der Waals surface area (Å²) in [5, 5.41) is 2.69. The predicted octanol–water partition coefficient (Wildman–Crippen LogP) is 1.15. The van der Waals surface area contributed by atoms with Crippen molar-refractivity contribution < 1.29 is 0 Å². The molecule has 10 heavy (non-hydrogen) atoms. The highest BCUT2D eigenvalue weighted by molar-refractivity contribution is 4.81. The lowest BCUT2D eigenvalue weighted by atomic mass is 10.3. The van der Waals surface area contributed by atoms with Crippen LogP contribution in [0, 0.1) is 0 Å². The van der Waals surface area contributed by atoms with Gasteiger partial charge in [0.25, 0.3) is 5.56 Å². The highest BCUT2D eigenvalue weighted by atomic mass is 16.1. The molecule has 0 aliphatic heterocycles. The summed E-state index contributed by atoms with van der Waals surface area (Å²) in [6.07, 6.45) is 2.81. The fourth-order valence-corrected chi connectivity index (χ4v) is 0.804. The number of hydrogen-bond acceptors (Lipinski definition) is 1. The van der Waals surface area contributed by atoms with Gasteiger partial charge in [-0.15, -0.1) is 0 Å². The third kappa shape index (κ3) is 1.29. The van der Waals surface area contributed by atoms with E-state index in [-0.39, 0.29) is 5.56 Å². The Morgan fingerprint density at radius 3 is 2.90 bits per heavy atom. The summed E-state index contributed by atoms with van der Waals surface area (Å²) < 4.78 is 1.82. The standard InChI is InChI=1S/C7H12N2O/c1-3-6(2)9-5-4-7(10)8-9/h4-6H,3H2,1-2H3,(H,8,10)/t6-/m0/s1. The van der Waals surface area contributed by atoms with E-state index < -0.39 is 0 Å². The molecule has 0 amide bonds. The Morgan fingerprint density at radius 1 is 1.80 bits per heavy atom. The average Bonchev–Trinajstić information content (AvgIpc) is 2.34. The minimum absolute atomic E-state index is 0.0275. The van der Waals surface area contributed by atoms with E-state index in [9.17, 15) is 4.79 Å². The van der Waals surface area contributed by atoms with Gasteiger partial charge in [-0.1, -0.05) is 6.92 Å².